The zero-order chi connectivity index (χ0) is 16.2. The van der Waals surface area contributed by atoms with Gasteiger partial charge in [-0.1, -0.05) is 29.8 Å². The summed E-state index contributed by atoms with van der Waals surface area (Å²) in [5, 5.41) is 1.16. The maximum atomic E-state index is 12.1. The van der Waals surface area contributed by atoms with Crippen LogP contribution in [0, 0.1) is 0 Å². The van der Waals surface area contributed by atoms with Crippen LogP contribution in [0.5, 0.6) is 5.88 Å². The number of ether oxygens (including phenoxy) is 2. The zero-order valence-corrected chi connectivity index (χ0v) is 13.2. The first-order valence-corrected chi connectivity index (χ1v) is 7.49. The Morgan fingerprint density at radius 1 is 1.26 bits per heavy atom. The Hall–Kier alpha value is -2.53. The molecule has 23 heavy (non-hydrogen) atoms. The number of benzene rings is 1. The van der Waals surface area contributed by atoms with E-state index in [1.165, 1.54) is 0 Å². The molecule has 3 aromatic rings. The van der Waals surface area contributed by atoms with E-state index < -0.39 is 5.97 Å². The summed E-state index contributed by atoms with van der Waals surface area (Å²) in [6, 6.07) is 12.5. The Bertz CT molecular complexity index is 810. The van der Waals surface area contributed by atoms with Crippen LogP contribution >= 0.6 is 11.6 Å². The largest absolute Gasteiger partial charge is 0.478 e. The molecule has 0 N–H and O–H groups in total. The summed E-state index contributed by atoms with van der Waals surface area (Å²) in [6.07, 6.45) is 0. The molecule has 0 saturated heterocycles. The van der Waals surface area contributed by atoms with E-state index in [9.17, 15) is 4.79 Å². The molecule has 0 amide bonds. The average Bonchev–Trinajstić information content (AvgIpc) is 2.97. The van der Waals surface area contributed by atoms with Gasteiger partial charge >= 0.3 is 5.97 Å². The van der Waals surface area contributed by atoms with Gasteiger partial charge in [0.2, 0.25) is 5.88 Å². The Balaban J connectivity index is 1.72. The van der Waals surface area contributed by atoms with Gasteiger partial charge in [0.15, 0.2) is 5.69 Å². The molecule has 0 aliphatic heterocycles. The molecule has 0 unspecified atom stereocenters. The highest BCUT2D eigenvalue weighted by Crippen LogP contribution is 2.22. The van der Waals surface area contributed by atoms with Gasteiger partial charge < -0.3 is 13.9 Å². The number of pyridine rings is 1. The fraction of sp³-hybridized carbons (Fsp3) is 0.176. The highest BCUT2D eigenvalue weighted by molar-refractivity contribution is 6.33. The number of furan rings is 1. The van der Waals surface area contributed by atoms with Crippen molar-refractivity contribution in [3.63, 3.8) is 0 Å². The minimum Gasteiger partial charge on any atom is -0.478 e. The molecule has 0 aliphatic rings. The quantitative estimate of drug-likeness (QED) is 0.654. The number of carbonyl (C=O) groups is 1. The van der Waals surface area contributed by atoms with Crippen molar-refractivity contribution >= 4 is 28.5 Å². The van der Waals surface area contributed by atoms with Gasteiger partial charge in [0.25, 0.3) is 0 Å². The standard InChI is InChI=1S/C17H14ClNO4/c1-2-21-15-8-7-13(18)16(19-15)17(20)22-10-12-9-11-5-3-4-6-14(11)23-12/h3-9H,2,10H2,1H3. The maximum Gasteiger partial charge on any atom is 0.359 e. The lowest BCUT2D eigenvalue weighted by molar-refractivity contribution is 0.0439. The molecule has 5 nitrogen and oxygen atoms in total. The molecule has 2 aromatic heterocycles. The smallest absolute Gasteiger partial charge is 0.359 e. The number of hydrogen-bond acceptors (Lipinski definition) is 5. The van der Waals surface area contributed by atoms with Crippen LogP contribution in [0.2, 0.25) is 5.02 Å². The summed E-state index contributed by atoms with van der Waals surface area (Å²) < 4.78 is 16.1. The Morgan fingerprint density at radius 2 is 2.09 bits per heavy atom. The lowest BCUT2D eigenvalue weighted by Gasteiger charge is -2.07. The van der Waals surface area contributed by atoms with Gasteiger partial charge in [-0.25, -0.2) is 9.78 Å². The molecule has 0 fully saturated rings. The van der Waals surface area contributed by atoms with E-state index in [2.05, 4.69) is 4.98 Å². The Labute approximate surface area is 137 Å². The molecule has 0 saturated carbocycles. The summed E-state index contributed by atoms with van der Waals surface area (Å²) in [4.78, 5) is 16.2. The molecular weight excluding hydrogens is 318 g/mol. The third kappa shape index (κ3) is 3.46. The summed E-state index contributed by atoms with van der Waals surface area (Å²) in [5.74, 6) is 0.251. The predicted octanol–water partition coefficient (Wildman–Crippen LogP) is 4.24. The van der Waals surface area contributed by atoms with Crippen molar-refractivity contribution in [1.29, 1.82) is 0 Å². The molecule has 1 aromatic carbocycles. The fourth-order valence-electron chi connectivity index (χ4n) is 2.11. The first-order valence-electron chi connectivity index (χ1n) is 7.11. The second-order valence-corrected chi connectivity index (χ2v) is 5.15. The number of carbonyl (C=O) groups excluding carboxylic acids is 1. The van der Waals surface area contributed by atoms with Crippen molar-refractivity contribution in [3.05, 3.63) is 58.9 Å². The topological polar surface area (TPSA) is 61.6 Å². The number of halogens is 1. The van der Waals surface area contributed by atoms with Crippen LogP contribution in [0.25, 0.3) is 11.0 Å². The van der Waals surface area contributed by atoms with Gasteiger partial charge in [0.05, 0.1) is 11.6 Å². The minimum absolute atomic E-state index is 0.00435. The summed E-state index contributed by atoms with van der Waals surface area (Å²) in [7, 11) is 0. The van der Waals surface area contributed by atoms with E-state index in [4.69, 9.17) is 25.5 Å². The van der Waals surface area contributed by atoms with Crippen LogP contribution in [-0.4, -0.2) is 17.6 Å². The molecule has 0 aliphatic carbocycles. The number of para-hydroxylation sites is 1. The van der Waals surface area contributed by atoms with Crippen LogP contribution in [0.3, 0.4) is 0 Å². The molecule has 2 heterocycles. The third-order valence-corrected chi connectivity index (χ3v) is 3.43. The van der Waals surface area contributed by atoms with Crippen molar-refractivity contribution in [1.82, 2.24) is 4.98 Å². The zero-order valence-electron chi connectivity index (χ0n) is 12.4. The lowest BCUT2D eigenvalue weighted by Crippen LogP contribution is -2.09. The Morgan fingerprint density at radius 3 is 2.87 bits per heavy atom. The number of hydrogen-bond donors (Lipinski definition) is 0. The minimum atomic E-state index is -0.628. The van der Waals surface area contributed by atoms with Crippen molar-refractivity contribution in [2.45, 2.75) is 13.5 Å². The van der Waals surface area contributed by atoms with Crippen molar-refractivity contribution in [2.75, 3.05) is 6.61 Å². The second kappa shape index (κ2) is 6.71. The summed E-state index contributed by atoms with van der Waals surface area (Å²) in [6.45, 7) is 2.28. The number of aromatic nitrogens is 1. The number of esters is 1. The monoisotopic (exact) mass is 331 g/mol. The first-order chi connectivity index (χ1) is 11.2. The first kappa shape index (κ1) is 15.4. The highest BCUT2D eigenvalue weighted by Gasteiger charge is 2.16. The summed E-state index contributed by atoms with van der Waals surface area (Å²) in [5.41, 5.74) is 0.766. The van der Waals surface area contributed by atoms with Crippen LogP contribution in [-0.2, 0) is 11.3 Å². The van der Waals surface area contributed by atoms with E-state index >= 15 is 0 Å². The number of fused-ring (bicyclic) bond motifs is 1. The van der Waals surface area contributed by atoms with Crippen molar-refractivity contribution in [3.8, 4) is 5.88 Å². The van der Waals surface area contributed by atoms with E-state index in [-0.39, 0.29) is 17.3 Å². The molecule has 0 radical (unpaired) electrons. The number of nitrogens with zero attached hydrogens (tertiary/aromatic N) is 1. The average molecular weight is 332 g/mol. The molecule has 118 valence electrons. The number of rotatable bonds is 5. The van der Waals surface area contributed by atoms with Crippen molar-refractivity contribution in [2.24, 2.45) is 0 Å². The molecular formula is C17H14ClNO4. The van der Waals surface area contributed by atoms with Crippen LogP contribution in [0.4, 0.5) is 0 Å². The van der Waals surface area contributed by atoms with Gasteiger partial charge in [-0.2, -0.15) is 0 Å². The normalized spacial score (nSPS) is 10.7. The molecule has 3 rings (SSSR count). The van der Waals surface area contributed by atoms with Crippen LogP contribution in [0.15, 0.2) is 46.9 Å². The van der Waals surface area contributed by atoms with E-state index in [0.717, 1.165) is 11.0 Å². The fourth-order valence-corrected chi connectivity index (χ4v) is 2.29. The van der Waals surface area contributed by atoms with E-state index in [1.807, 2.05) is 37.3 Å². The van der Waals surface area contributed by atoms with E-state index in [0.29, 0.717) is 18.2 Å². The van der Waals surface area contributed by atoms with E-state index in [1.54, 1.807) is 12.1 Å². The predicted molar refractivity (Wildman–Crippen MR) is 85.7 cm³/mol. The summed E-state index contributed by atoms with van der Waals surface area (Å²) >= 11 is 5.99. The van der Waals surface area contributed by atoms with Gasteiger partial charge in [-0.15, -0.1) is 0 Å². The third-order valence-electron chi connectivity index (χ3n) is 3.13. The van der Waals surface area contributed by atoms with Gasteiger partial charge in [-0.05, 0) is 25.1 Å². The SMILES string of the molecule is CCOc1ccc(Cl)c(C(=O)OCc2cc3ccccc3o2)n1. The highest BCUT2D eigenvalue weighted by atomic mass is 35.5. The molecule has 0 spiro atoms. The molecule has 0 bridgehead atoms. The second-order valence-electron chi connectivity index (χ2n) is 4.74. The Kier molecular flexibility index (Phi) is 4.48. The van der Waals surface area contributed by atoms with Crippen LogP contribution in [0.1, 0.15) is 23.2 Å². The van der Waals surface area contributed by atoms with Gasteiger partial charge in [-0.3, -0.25) is 0 Å². The van der Waals surface area contributed by atoms with Crippen molar-refractivity contribution < 1.29 is 18.7 Å². The molecule has 6 heteroatoms. The lowest BCUT2D eigenvalue weighted by atomic mass is 10.2. The van der Waals surface area contributed by atoms with Gasteiger partial charge in [0.1, 0.15) is 18.0 Å². The van der Waals surface area contributed by atoms with Crippen LogP contribution < -0.4 is 4.74 Å². The maximum absolute atomic E-state index is 12.1. The molecule has 0 atom stereocenters. The van der Waals surface area contributed by atoms with Gasteiger partial charge in [0, 0.05) is 11.5 Å².